The van der Waals surface area contributed by atoms with Crippen LogP contribution in [0, 0.1) is 0 Å². The Morgan fingerprint density at radius 2 is 1.88 bits per heavy atom. The number of carboxylic acid groups (broad SMARTS) is 1. The van der Waals surface area contributed by atoms with E-state index < -0.39 is 35.9 Å². The number of ether oxygens (including phenoxy) is 2. The highest BCUT2D eigenvalue weighted by atomic mass is 19.4. The molecule has 1 aliphatic rings. The molecule has 1 N–H and O–H groups in total. The molecule has 1 aliphatic heterocycles. The maximum Gasteiger partial charge on any atom is 0.573 e. The van der Waals surface area contributed by atoms with Crippen LogP contribution in [-0.4, -0.2) is 29.7 Å². The molecule has 1 aromatic carbocycles. The summed E-state index contributed by atoms with van der Waals surface area (Å²) in [6, 6.07) is 1.75. The van der Waals surface area contributed by atoms with E-state index in [0.717, 1.165) is 12.1 Å². The van der Waals surface area contributed by atoms with Crippen molar-refractivity contribution in [2.45, 2.75) is 44.8 Å². The van der Waals surface area contributed by atoms with E-state index in [1.807, 2.05) is 0 Å². The number of rotatable bonds is 5. The van der Waals surface area contributed by atoms with Crippen molar-refractivity contribution in [3.63, 3.8) is 0 Å². The summed E-state index contributed by atoms with van der Waals surface area (Å²) in [5, 5.41) is 9.00. The number of halogens is 6. The molecule has 0 bridgehead atoms. The fourth-order valence-corrected chi connectivity index (χ4v) is 2.52. The van der Waals surface area contributed by atoms with Gasteiger partial charge in [-0.2, -0.15) is 13.2 Å². The van der Waals surface area contributed by atoms with Gasteiger partial charge < -0.3 is 14.6 Å². The SMILES string of the molecule is CCCCc1cc(OC(F)(F)F)cc2c1OC(C(F)(F)F)C(C(=O)O)=C2. The lowest BCUT2D eigenvalue weighted by atomic mass is 9.96. The third kappa shape index (κ3) is 4.61. The molecule has 1 unspecified atom stereocenters. The first kappa shape index (κ1) is 19.9. The molecule has 1 aromatic rings. The molecular weight excluding hydrogens is 370 g/mol. The highest BCUT2D eigenvalue weighted by Crippen LogP contribution is 2.42. The molecule has 10 heteroatoms. The molecule has 26 heavy (non-hydrogen) atoms. The van der Waals surface area contributed by atoms with Crippen molar-refractivity contribution in [2.24, 2.45) is 0 Å². The molecule has 0 saturated carbocycles. The minimum Gasteiger partial charge on any atom is -0.478 e. The number of aryl methyl sites for hydroxylation is 1. The van der Waals surface area contributed by atoms with Gasteiger partial charge in [0.05, 0.1) is 5.57 Å². The number of alkyl halides is 6. The zero-order chi connectivity index (χ0) is 19.7. The molecule has 0 radical (unpaired) electrons. The van der Waals surface area contributed by atoms with Crippen LogP contribution in [0.25, 0.3) is 6.08 Å². The lowest BCUT2D eigenvalue weighted by Gasteiger charge is -2.29. The molecule has 0 aromatic heterocycles. The van der Waals surface area contributed by atoms with Crippen molar-refractivity contribution in [1.82, 2.24) is 0 Å². The third-order valence-electron chi connectivity index (χ3n) is 3.57. The summed E-state index contributed by atoms with van der Waals surface area (Å²) in [6.45, 7) is 1.80. The van der Waals surface area contributed by atoms with Gasteiger partial charge >= 0.3 is 18.5 Å². The third-order valence-corrected chi connectivity index (χ3v) is 3.57. The Morgan fingerprint density at radius 1 is 1.23 bits per heavy atom. The predicted molar refractivity (Wildman–Crippen MR) is 77.8 cm³/mol. The van der Waals surface area contributed by atoms with Crippen molar-refractivity contribution in [1.29, 1.82) is 0 Å². The van der Waals surface area contributed by atoms with Crippen LogP contribution >= 0.6 is 0 Å². The molecule has 4 nitrogen and oxygen atoms in total. The quantitative estimate of drug-likeness (QED) is 0.747. The number of carboxylic acids is 1. The summed E-state index contributed by atoms with van der Waals surface area (Å²) in [4.78, 5) is 11.1. The predicted octanol–water partition coefficient (Wildman–Crippen LogP) is 4.72. The van der Waals surface area contributed by atoms with Crippen LogP contribution in [0.5, 0.6) is 11.5 Å². The van der Waals surface area contributed by atoms with Crippen LogP contribution in [0.3, 0.4) is 0 Å². The summed E-state index contributed by atoms with van der Waals surface area (Å²) in [6.07, 6.45) is -10.8. The second kappa shape index (κ2) is 7.08. The molecule has 0 amide bonds. The fourth-order valence-electron chi connectivity index (χ4n) is 2.52. The van der Waals surface area contributed by atoms with Crippen molar-refractivity contribution in [3.05, 3.63) is 28.8 Å². The van der Waals surface area contributed by atoms with Crippen molar-refractivity contribution in [2.75, 3.05) is 0 Å². The van der Waals surface area contributed by atoms with Crippen LogP contribution in [0.4, 0.5) is 26.3 Å². The van der Waals surface area contributed by atoms with Gasteiger partial charge in [-0.05, 0) is 36.6 Å². The Morgan fingerprint density at radius 3 is 2.38 bits per heavy atom. The van der Waals surface area contributed by atoms with E-state index in [1.54, 1.807) is 6.92 Å². The zero-order valence-electron chi connectivity index (χ0n) is 13.4. The Kier molecular flexibility index (Phi) is 5.43. The highest BCUT2D eigenvalue weighted by Gasteiger charge is 2.49. The van der Waals surface area contributed by atoms with E-state index >= 15 is 0 Å². The molecule has 0 fully saturated rings. The summed E-state index contributed by atoms with van der Waals surface area (Å²) >= 11 is 0. The summed E-state index contributed by atoms with van der Waals surface area (Å²) in [5.74, 6) is -2.83. The Balaban J connectivity index is 2.58. The van der Waals surface area contributed by atoms with Gasteiger partial charge in [-0.25, -0.2) is 4.79 Å². The number of fused-ring (bicyclic) bond motifs is 1. The molecule has 1 atom stereocenters. The van der Waals surface area contributed by atoms with Gasteiger partial charge in [0.25, 0.3) is 0 Å². The van der Waals surface area contributed by atoms with E-state index in [2.05, 4.69) is 4.74 Å². The van der Waals surface area contributed by atoms with E-state index in [-0.39, 0.29) is 23.3 Å². The largest absolute Gasteiger partial charge is 0.573 e. The topological polar surface area (TPSA) is 55.8 Å². The van der Waals surface area contributed by atoms with E-state index in [9.17, 15) is 31.1 Å². The van der Waals surface area contributed by atoms with Gasteiger partial charge in [0.15, 0.2) is 0 Å². The van der Waals surface area contributed by atoms with E-state index in [1.165, 1.54) is 0 Å². The first-order valence-corrected chi connectivity index (χ1v) is 7.53. The highest BCUT2D eigenvalue weighted by molar-refractivity contribution is 5.95. The second-order valence-corrected chi connectivity index (χ2v) is 5.60. The summed E-state index contributed by atoms with van der Waals surface area (Å²) < 4.78 is 85.5. The first-order chi connectivity index (χ1) is 11.9. The normalized spacial score (nSPS) is 17.2. The molecule has 0 spiro atoms. The molecule has 2 rings (SSSR count). The van der Waals surface area contributed by atoms with Crippen molar-refractivity contribution >= 4 is 12.0 Å². The number of hydrogen-bond donors (Lipinski definition) is 1. The van der Waals surface area contributed by atoms with Crippen LogP contribution in [0.1, 0.15) is 30.9 Å². The average molecular weight is 384 g/mol. The first-order valence-electron chi connectivity index (χ1n) is 7.53. The number of hydrogen-bond acceptors (Lipinski definition) is 3. The maximum atomic E-state index is 13.1. The van der Waals surface area contributed by atoms with Crippen molar-refractivity contribution < 1.29 is 45.7 Å². The van der Waals surface area contributed by atoms with Gasteiger partial charge in [0, 0.05) is 5.56 Å². The molecule has 144 valence electrons. The van der Waals surface area contributed by atoms with Gasteiger partial charge in [0.1, 0.15) is 11.5 Å². The second-order valence-electron chi connectivity index (χ2n) is 5.60. The average Bonchev–Trinajstić information content (AvgIpc) is 2.48. The Labute approximate surface area is 144 Å². The van der Waals surface area contributed by atoms with Gasteiger partial charge in [-0.15, -0.1) is 13.2 Å². The van der Waals surface area contributed by atoms with Crippen molar-refractivity contribution in [3.8, 4) is 11.5 Å². The fraction of sp³-hybridized carbons (Fsp3) is 0.438. The smallest absolute Gasteiger partial charge is 0.478 e. The van der Waals surface area contributed by atoms with Gasteiger partial charge in [0.2, 0.25) is 6.10 Å². The number of carbonyl (C=O) groups is 1. The minimum absolute atomic E-state index is 0.0820. The molecule has 1 heterocycles. The Bertz CT molecular complexity index is 721. The monoisotopic (exact) mass is 384 g/mol. The van der Waals surface area contributed by atoms with E-state index in [4.69, 9.17) is 9.84 Å². The van der Waals surface area contributed by atoms with Crippen LogP contribution in [0.15, 0.2) is 17.7 Å². The minimum atomic E-state index is -5.00. The molecular formula is C16H14F6O4. The lowest BCUT2D eigenvalue weighted by Crippen LogP contribution is -2.40. The Hall–Kier alpha value is -2.39. The van der Waals surface area contributed by atoms with Gasteiger partial charge in [-0.1, -0.05) is 13.3 Å². The number of aliphatic carboxylic acids is 1. The van der Waals surface area contributed by atoms with Crippen LogP contribution < -0.4 is 9.47 Å². The molecule has 0 saturated heterocycles. The van der Waals surface area contributed by atoms with E-state index in [0.29, 0.717) is 18.9 Å². The number of unbranched alkanes of at least 4 members (excludes halogenated alkanes) is 1. The van der Waals surface area contributed by atoms with Crippen LogP contribution in [-0.2, 0) is 11.2 Å². The standard InChI is InChI=1S/C16H14F6O4/c1-2-3-4-8-5-10(26-16(20,21)22)6-9-7-11(14(23)24)13(15(17,18)19)25-12(8)9/h5-7,13H,2-4H2,1H3,(H,23,24). The number of benzene rings is 1. The lowest BCUT2D eigenvalue weighted by molar-refractivity contribution is -0.274. The zero-order valence-corrected chi connectivity index (χ0v) is 13.4. The van der Waals surface area contributed by atoms with Crippen LogP contribution in [0.2, 0.25) is 0 Å². The summed E-state index contributed by atoms with van der Waals surface area (Å²) in [7, 11) is 0. The maximum absolute atomic E-state index is 13.1. The molecule has 0 aliphatic carbocycles. The summed E-state index contributed by atoms with van der Waals surface area (Å²) in [5.41, 5.74) is -1.25. The van der Waals surface area contributed by atoms with Gasteiger partial charge in [-0.3, -0.25) is 0 Å².